The highest BCUT2D eigenvalue weighted by Gasteiger charge is 2.17. The molecule has 1 N–H and O–H groups in total. The largest absolute Gasteiger partial charge is 0.454 e. The van der Waals surface area contributed by atoms with Gasteiger partial charge in [0.05, 0.1) is 0 Å². The molecule has 23 heavy (non-hydrogen) atoms. The first-order valence-corrected chi connectivity index (χ1v) is 7.34. The lowest BCUT2D eigenvalue weighted by molar-refractivity contribution is 0.174. The zero-order valence-corrected chi connectivity index (χ0v) is 12.5. The maximum absolute atomic E-state index is 5.76. The third kappa shape index (κ3) is 2.70. The second-order valence-electron chi connectivity index (χ2n) is 5.25. The van der Waals surface area contributed by atoms with Gasteiger partial charge in [-0.15, -0.1) is 10.2 Å². The van der Waals surface area contributed by atoms with E-state index in [1.807, 2.05) is 55.5 Å². The summed E-state index contributed by atoms with van der Waals surface area (Å²) in [4.78, 5) is 0. The van der Waals surface area contributed by atoms with E-state index in [0.717, 1.165) is 22.7 Å². The second-order valence-corrected chi connectivity index (χ2v) is 5.25. The highest BCUT2D eigenvalue weighted by Crippen LogP contribution is 2.35. The van der Waals surface area contributed by atoms with Crippen LogP contribution >= 0.6 is 0 Å². The summed E-state index contributed by atoms with van der Waals surface area (Å²) in [6, 6.07) is 15.3. The van der Waals surface area contributed by atoms with E-state index >= 15 is 0 Å². The zero-order valence-electron chi connectivity index (χ0n) is 12.5. The summed E-state index contributed by atoms with van der Waals surface area (Å²) >= 11 is 0. The third-order valence-electron chi connectivity index (χ3n) is 3.59. The second kappa shape index (κ2) is 5.64. The number of anilines is 1. The van der Waals surface area contributed by atoms with Gasteiger partial charge in [-0.1, -0.05) is 18.2 Å². The van der Waals surface area contributed by atoms with Gasteiger partial charge in [0.25, 0.3) is 0 Å². The Morgan fingerprint density at radius 1 is 1.00 bits per heavy atom. The van der Waals surface area contributed by atoms with E-state index < -0.39 is 0 Å². The van der Waals surface area contributed by atoms with Crippen molar-refractivity contribution in [3.63, 3.8) is 0 Å². The number of hydrogen-bond acceptors (Lipinski definition) is 6. The third-order valence-corrected chi connectivity index (χ3v) is 3.59. The van der Waals surface area contributed by atoms with Crippen molar-refractivity contribution >= 4 is 5.69 Å². The van der Waals surface area contributed by atoms with E-state index in [9.17, 15) is 0 Å². The smallest absolute Gasteiger partial charge is 0.247 e. The van der Waals surface area contributed by atoms with Crippen LogP contribution in [0.2, 0.25) is 0 Å². The van der Waals surface area contributed by atoms with Crippen molar-refractivity contribution in [2.75, 3.05) is 12.1 Å². The predicted molar refractivity (Wildman–Crippen MR) is 84.3 cm³/mol. The van der Waals surface area contributed by atoms with E-state index in [1.54, 1.807) is 0 Å². The quantitative estimate of drug-likeness (QED) is 0.793. The van der Waals surface area contributed by atoms with Crippen molar-refractivity contribution in [2.24, 2.45) is 0 Å². The Morgan fingerprint density at radius 2 is 1.83 bits per heavy atom. The normalized spacial score (nSPS) is 13.8. The minimum absolute atomic E-state index is 0.125. The van der Waals surface area contributed by atoms with Gasteiger partial charge >= 0.3 is 0 Å². The van der Waals surface area contributed by atoms with Gasteiger partial charge in [-0.2, -0.15) is 0 Å². The van der Waals surface area contributed by atoms with Crippen molar-refractivity contribution in [2.45, 2.75) is 13.0 Å². The van der Waals surface area contributed by atoms with Gasteiger partial charge in [0.1, 0.15) is 6.04 Å². The summed E-state index contributed by atoms with van der Waals surface area (Å²) in [5.74, 6) is 2.53. The van der Waals surface area contributed by atoms with E-state index in [-0.39, 0.29) is 12.8 Å². The van der Waals surface area contributed by atoms with Gasteiger partial charge in [0.15, 0.2) is 11.5 Å². The van der Waals surface area contributed by atoms with Crippen molar-refractivity contribution in [3.05, 3.63) is 54.4 Å². The molecule has 0 saturated heterocycles. The first-order valence-electron chi connectivity index (χ1n) is 7.34. The Bertz CT molecular complexity index is 817. The van der Waals surface area contributed by atoms with Gasteiger partial charge < -0.3 is 19.2 Å². The minimum Gasteiger partial charge on any atom is -0.454 e. The molecular formula is C17H15N3O3. The number of hydrogen-bond donors (Lipinski definition) is 1. The van der Waals surface area contributed by atoms with Crippen LogP contribution in [-0.2, 0) is 0 Å². The van der Waals surface area contributed by atoms with Crippen molar-refractivity contribution in [1.29, 1.82) is 0 Å². The summed E-state index contributed by atoms with van der Waals surface area (Å²) < 4.78 is 16.4. The number of benzene rings is 2. The molecule has 3 aromatic rings. The fourth-order valence-corrected chi connectivity index (χ4v) is 2.41. The Balaban J connectivity index is 1.51. The van der Waals surface area contributed by atoms with E-state index in [2.05, 4.69) is 15.5 Å². The Kier molecular flexibility index (Phi) is 3.34. The average molecular weight is 309 g/mol. The number of aromatic nitrogens is 2. The lowest BCUT2D eigenvalue weighted by Crippen LogP contribution is -2.06. The number of nitrogens with one attached hydrogen (secondary N) is 1. The number of ether oxygens (including phenoxy) is 2. The van der Waals surface area contributed by atoms with Crippen molar-refractivity contribution in [1.82, 2.24) is 10.2 Å². The highest BCUT2D eigenvalue weighted by molar-refractivity contribution is 5.56. The summed E-state index contributed by atoms with van der Waals surface area (Å²) in [5.41, 5.74) is 1.81. The maximum Gasteiger partial charge on any atom is 0.247 e. The molecule has 4 rings (SSSR count). The molecule has 0 radical (unpaired) electrons. The molecule has 1 atom stereocenters. The van der Waals surface area contributed by atoms with Gasteiger partial charge in [-0.3, -0.25) is 0 Å². The number of fused-ring (bicyclic) bond motifs is 1. The molecule has 0 saturated carbocycles. The zero-order chi connectivity index (χ0) is 15.6. The van der Waals surface area contributed by atoms with Crippen LogP contribution in [0.5, 0.6) is 11.5 Å². The van der Waals surface area contributed by atoms with Crippen molar-refractivity contribution < 1.29 is 13.9 Å². The molecule has 6 heteroatoms. The predicted octanol–water partition coefficient (Wildman–Crippen LogP) is 3.64. The van der Waals surface area contributed by atoms with Gasteiger partial charge in [0.2, 0.25) is 18.6 Å². The number of rotatable bonds is 4. The molecule has 1 aliphatic heterocycles. The Hall–Kier alpha value is -3.02. The standard InChI is InChI=1S/C17H15N3O3/c1-11(18-13-7-8-14-15(9-13)22-10-21-14)16-19-20-17(23-16)12-5-3-2-4-6-12/h2-9,11,18H,10H2,1H3/t11-/m0/s1. The van der Waals surface area contributed by atoms with Gasteiger partial charge in [-0.05, 0) is 31.2 Å². The van der Waals surface area contributed by atoms with Crippen LogP contribution in [0.3, 0.4) is 0 Å². The Labute approximate surface area is 133 Å². The lowest BCUT2D eigenvalue weighted by Gasteiger charge is -2.11. The molecule has 2 aromatic carbocycles. The molecule has 116 valence electrons. The van der Waals surface area contributed by atoms with Gasteiger partial charge in [0, 0.05) is 17.3 Å². The van der Waals surface area contributed by atoms with Crippen LogP contribution in [0.25, 0.3) is 11.5 Å². The molecule has 0 amide bonds. The fraction of sp³-hybridized carbons (Fsp3) is 0.176. The fourth-order valence-electron chi connectivity index (χ4n) is 2.41. The highest BCUT2D eigenvalue weighted by atomic mass is 16.7. The Morgan fingerprint density at radius 3 is 2.70 bits per heavy atom. The van der Waals surface area contributed by atoms with E-state index in [1.165, 1.54) is 0 Å². The van der Waals surface area contributed by atoms with Gasteiger partial charge in [-0.25, -0.2) is 0 Å². The molecule has 0 bridgehead atoms. The molecule has 0 aliphatic carbocycles. The summed E-state index contributed by atoms with van der Waals surface area (Å²) in [5, 5.41) is 11.6. The summed E-state index contributed by atoms with van der Waals surface area (Å²) in [6.07, 6.45) is 0. The molecule has 0 unspecified atom stereocenters. The first kappa shape index (κ1) is 13.6. The molecule has 6 nitrogen and oxygen atoms in total. The maximum atomic E-state index is 5.76. The monoisotopic (exact) mass is 309 g/mol. The molecular weight excluding hydrogens is 294 g/mol. The van der Waals surface area contributed by atoms with Crippen LogP contribution in [0, 0.1) is 0 Å². The minimum atomic E-state index is -0.125. The van der Waals surface area contributed by atoms with E-state index in [4.69, 9.17) is 13.9 Å². The van der Waals surface area contributed by atoms with Crippen LogP contribution in [0.1, 0.15) is 18.9 Å². The molecule has 0 fully saturated rings. The first-order chi connectivity index (χ1) is 11.3. The van der Waals surface area contributed by atoms with Crippen LogP contribution in [0.4, 0.5) is 5.69 Å². The lowest BCUT2D eigenvalue weighted by atomic mass is 10.2. The van der Waals surface area contributed by atoms with Crippen LogP contribution in [0.15, 0.2) is 52.9 Å². The van der Waals surface area contributed by atoms with Crippen LogP contribution in [-0.4, -0.2) is 17.0 Å². The molecule has 1 aromatic heterocycles. The summed E-state index contributed by atoms with van der Waals surface area (Å²) in [6.45, 7) is 2.23. The van der Waals surface area contributed by atoms with Crippen molar-refractivity contribution in [3.8, 4) is 23.0 Å². The SMILES string of the molecule is C[C@H](Nc1ccc2c(c1)OCO2)c1nnc(-c2ccccc2)o1. The molecule has 1 aliphatic rings. The van der Waals surface area contributed by atoms with E-state index in [0.29, 0.717) is 11.8 Å². The average Bonchev–Trinajstić information content (AvgIpc) is 3.24. The molecule has 0 spiro atoms. The summed E-state index contributed by atoms with van der Waals surface area (Å²) in [7, 11) is 0. The number of nitrogens with zero attached hydrogens (tertiary/aromatic N) is 2. The molecule has 2 heterocycles. The van der Waals surface area contributed by atoms with Crippen LogP contribution < -0.4 is 14.8 Å². The topological polar surface area (TPSA) is 69.4 Å².